The summed E-state index contributed by atoms with van der Waals surface area (Å²) < 4.78 is 36.2. The van der Waals surface area contributed by atoms with Crippen LogP contribution in [0, 0.1) is 6.92 Å². The summed E-state index contributed by atoms with van der Waals surface area (Å²) in [5, 5.41) is 3.33. The van der Waals surface area contributed by atoms with Gasteiger partial charge in [0.2, 0.25) is 0 Å². The third kappa shape index (κ3) is 6.62. The zero-order valence-electron chi connectivity index (χ0n) is 11.7. The van der Waals surface area contributed by atoms with Gasteiger partial charge in [0.1, 0.15) is 0 Å². The van der Waals surface area contributed by atoms with Crippen molar-refractivity contribution >= 4 is 0 Å². The van der Waals surface area contributed by atoms with Gasteiger partial charge in [-0.15, -0.1) is 0 Å². The molecule has 4 heteroatoms. The van der Waals surface area contributed by atoms with Gasteiger partial charge in [0.05, 0.1) is 0 Å². The van der Waals surface area contributed by atoms with Crippen LogP contribution in [0.1, 0.15) is 50.3 Å². The summed E-state index contributed by atoms with van der Waals surface area (Å²) in [5.41, 5.74) is 2.36. The maximum atomic E-state index is 12.1. The molecule has 0 aliphatic heterocycles. The van der Waals surface area contributed by atoms with Gasteiger partial charge >= 0.3 is 6.18 Å². The van der Waals surface area contributed by atoms with Crippen LogP contribution in [0.25, 0.3) is 0 Å². The molecule has 0 aliphatic rings. The average molecular weight is 273 g/mol. The van der Waals surface area contributed by atoms with Crippen LogP contribution in [0.2, 0.25) is 0 Å². The number of halogens is 3. The lowest BCUT2D eigenvalue weighted by Gasteiger charge is -2.20. The van der Waals surface area contributed by atoms with E-state index >= 15 is 0 Å². The molecule has 1 aromatic rings. The molecular formula is C15H22F3N. The van der Waals surface area contributed by atoms with E-state index in [0.29, 0.717) is 6.42 Å². The molecule has 0 aromatic heterocycles. The molecule has 0 saturated carbocycles. The minimum Gasteiger partial charge on any atom is -0.308 e. The van der Waals surface area contributed by atoms with Crippen molar-refractivity contribution in [2.45, 2.75) is 58.3 Å². The van der Waals surface area contributed by atoms with E-state index in [4.69, 9.17) is 0 Å². The van der Waals surface area contributed by atoms with Crippen LogP contribution >= 0.6 is 0 Å². The smallest absolute Gasteiger partial charge is 0.308 e. The first-order valence-electron chi connectivity index (χ1n) is 6.67. The van der Waals surface area contributed by atoms with Crippen molar-refractivity contribution in [1.82, 2.24) is 5.32 Å². The first kappa shape index (κ1) is 16.0. The molecule has 1 N–H and O–H groups in total. The average Bonchev–Trinajstić information content (AvgIpc) is 2.27. The van der Waals surface area contributed by atoms with E-state index in [1.807, 2.05) is 32.9 Å². The summed E-state index contributed by atoms with van der Waals surface area (Å²) >= 11 is 0. The van der Waals surface area contributed by atoms with E-state index in [0.717, 1.165) is 5.56 Å². The Bertz CT molecular complexity index is 370. The van der Waals surface area contributed by atoms with Crippen molar-refractivity contribution in [3.8, 4) is 0 Å². The van der Waals surface area contributed by atoms with E-state index in [1.54, 1.807) is 0 Å². The fourth-order valence-electron chi connectivity index (χ4n) is 2.07. The molecule has 0 saturated heterocycles. The first-order chi connectivity index (χ1) is 8.78. The van der Waals surface area contributed by atoms with E-state index < -0.39 is 12.6 Å². The van der Waals surface area contributed by atoms with Crippen molar-refractivity contribution in [3.05, 3.63) is 35.4 Å². The molecule has 1 aromatic carbocycles. The van der Waals surface area contributed by atoms with Crippen molar-refractivity contribution in [2.24, 2.45) is 0 Å². The molecule has 0 radical (unpaired) electrons. The molecule has 2 unspecified atom stereocenters. The van der Waals surface area contributed by atoms with Gasteiger partial charge < -0.3 is 5.32 Å². The second-order valence-electron chi connectivity index (χ2n) is 5.21. The summed E-state index contributed by atoms with van der Waals surface area (Å²) in [6.45, 7) is 5.99. The Morgan fingerprint density at radius 2 is 1.68 bits per heavy atom. The van der Waals surface area contributed by atoms with Gasteiger partial charge in [0.25, 0.3) is 0 Å². The van der Waals surface area contributed by atoms with Gasteiger partial charge in [-0.3, -0.25) is 0 Å². The van der Waals surface area contributed by atoms with Crippen LogP contribution in [0.15, 0.2) is 24.3 Å². The predicted octanol–water partition coefficient (Wildman–Crippen LogP) is 4.77. The fraction of sp³-hybridized carbons (Fsp3) is 0.600. The van der Waals surface area contributed by atoms with Crippen LogP contribution < -0.4 is 5.32 Å². The van der Waals surface area contributed by atoms with E-state index in [9.17, 15) is 13.2 Å². The van der Waals surface area contributed by atoms with Gasteiger partial charge in [-0.25, -0.2) is 0 Å². The van der Waals surface area contributed by atoms with Gasteiger partial charge in [0.15, 0.2) is 0 Å². The Hall–Kier alpha value is -1.03. The first-order valence-corrected chi connectivity index (χ1v) is 6.67. The second kappa shape index (κ2) is 6.94. The minimum atomic E-state index is -4.04. The van der Waals surface area contributed by atoms with Gasteiger partial charge in [-0.05, 0) is 39.2 Å². The minimum absolute atomic E-state index is 0.0821. The highest BCUT2D eigenvalue weighted by atomic mass is 19.4. The number of alkyl halides is 3. The van der Waals surface area contributed by atoms with Crippen LogP contribution in [-0.4, -0.2) is 12.2 Å². The summed E-state index contributed by atoms with van der Waals surface area (Å²) in [6.07, 6.45) is -4.02. The summed E-state index contributed by atoms with van der Waals surface area (Å²) in [5.74, 6) is 0. The van der Waals surface area contributed by atoms with Gasteiger partial charge in [-0.2, -0.15) is 13.2 Å². The lowest BCUT2D eigenvalue weighted by atomic mass is 10.0. The molecule has 0 aliphatic carbocycles. The number of rotatable bonds is 6. The molecule has 2 atom stereocenters. The molecule has 0 fully saturated rings. The standard InChI is InChI=1S/C15H22F3N/c1-11-6-8-14(9-7-11)13(3)19-12(2)5-4-10-15(16,17)18/h6-9,12-13,19H,4-5,10H2,1-3H3. The largest absolute Gasteiger partial charge is 0.389 e. The number of aryl methyl sites for hydroxylation is 1. The molecule has 1 nitrogen and oxygen atoms in total. The SMILES string of the molecule is Cc1ccc(C(C)NC(C)CCCC(F)(F)F)cc1. The zero-order chi connectivity index (χ0) is 14.5. The third-order valence-corrected chi connectivity index (χ3v) is 3.21. The Balaban J connectivity index is 2.35. The lowest BCUT2D eigenvalue weighted by Crippen LogP contribution is -2.29. The Morgan fingerprint density at radius 3 is 2.21 bits per heavy atom. The second-order valence-corrected chi connectivity index (χ2v) is 5.21. The molecule has 1 rings (SSSR count). The van der Waals surface area contributed by atoms with Gasteiger partial charge in [-0.1, -0.05) is 29.8 Å². The fourth-order valence-corrected chi connectivity index (χ4v) is 2.07. The Kier molecular flexibility index (Phi) is 5.85. The number of hydrogen-bond donors (Lipinski definition) is 1. The summed E-state index contributed by atoms with van der Waals surface area (Å²) in [7, 11) is 0. The van der Waals surface area contributed by atoms with Crippen LogP contribution in [0.4, 0.5) is 13.2 Å². The lowest BCUT2D eigenvalue weighted by molar-refractivity contribution is -0.135. The number of nitrogens with one attached hydrogen (secondary N) is 1. The highest BCUT2D eigenvalue weighted by molar-refractivity contribution is 5.23. The Labute approximate surface area is 113 Å². The molecule has 0 spiro atoms. The Morgan fingerprint density at radius 1 is 1.11 bits per heavy atom. The third-order valence-electron chi connectivity index (χ3n) is 3.21. The predicted molar refractivity (Wildman–Crippen MR) is 72.1 cm³/mol. The maximum absolute atomic E-state index is 12.1. The molecule has 0 heterocycles. The van der Waals surface area contributed by atoms with Gasteiger partial charge in [0, 0.05) is 18.5 Å². The van der Waals surface area contributed by atoms with Crippen LogP contribution in [-0.2, 0) is 0 Å². The molecule has 0 bridgehead atoms. The van der Waals surface area contributed by atoms with Crippen LogP contribution in [0.5, 0.6) is 0 Å². The number of benzene rings is 1. The highest BCUT2D eigenvalue weighted by Gasteiger charge is 2.26. The van der Waals surface area contributed by atoms with Crippen molar-refractivity contribution in [3.63, 3.8) is 0 Å². The van der Waals surface area contributed by atoms with Crippen molar-refractivity contribution in [1.29, 1.82) is 0 Å². The number of hydrogen-bond acceptors (Lipinski definition) is 1. The zero-order valence-corrected chi connectivity index (χ0v) is 11.7. The van der Waals surface area contributed by atoms with Crippen molar-refractivity contribution in [2.75, 3.05) is 0 Å². The molecule has 19 heavy (non-hydrogen) atoms. The molecular weight excluding hydrogens is 251 g/mol. The topological polar surface area (TPSA) is 12.0 Å². The van der Waals surface area contributed by atoms with E-state index in [-0.39, 0.29) is 18.5 Å². The van der Waals surface area contributed by atoms with Crippen molar-refractivity contribution < 1.29 is 13.2 Å². The quantitative estimate of drug-likeness (QED) is 0.787. The molecule has 0 amide bonds. The summed E-state index contributed by atoms with van der Waals surface area (Å²) in [4.78, 5) is 0. The van der Waals surface area contributed by atoms with Crippen LogP contribution in [0.3, 0.4) is 0 Å². The highest BCUT2D eigenvalue weighted by Crippen LogP contribution is 2.23. The molecule has 108 valence electrons. The monoisotopic (exact) mass is 273 g/mol. The maximum Gasteiger partial charge on any atom is 0.389 e. The van der Waals surface area contributed by atoms with E-state index in [1.165, 1.54) is 5.56 Å². The summed E-state index contributed by atoms with van der Waals surface area (Å²) in [6, 6.07) is 8.43. The normalized spacial score (nSPS) is 15.3. The van der Waals surface area contributed by atoms with E-state index in [2.05, 4.69) is 17.4 Å².